The summed E-state index contributed by atoms with van der Waals surface area (Å²) in [5.74, 6) is 0. The van der Waals surface area contributed by atoms with Gasteiger partial charge in [-0.15, -0.1) is 0 Å². The van der Waals surface area contributed by atoms with Crippen molar-refractivity contribution in [1.29, 1.82) is 0 Å². The molecule has 1 heterocycles. The first-order valence-corrected chi connectivity index (χ1v) is 10.9. The Bertz CT molecular complexity index is 360. The third-order valence-corrected chi connectivity index (χ3v) is 7.99. The van der Waals surface area contributed by atoms with E-state index in [1.54, 1.807) is 0 Å². The molecule has 1 saturated heterocycles. The normalized spacial score (nSPS) is 20.2. The number of hydrogen-bond donors (Lipinski definition) is 1. The number of hydrogen-bond acceptors (Lipinski definition) is 2. The monoisotopic (exact) mass is 277 g/mol. The van der Waals surface area contributed by atoms with Crippen molar-refractivity contribution in [3.05, 3.63) is 30.3 Å². The van der Waals surface area contributed by atoms with Gasteiger partial charge in [-0.3, -0.25) is 0 Å². The Labute approximate surface area is 118 Å². The Morgan fingerprint density at radius 1 is 1.21 bits per heavy atom. The van der Waals surface area contributed by atoms with Crippen LogP contribution in [0.5, 0.6) is 0 Å². The van der Waals surface area contributed by atoms with Crippen molar-refractivity contribution in [3.63, 3.8) is 0 Å². The molecule has 1 aromatic carbocycles. The lowest BCUT2D eigenvalue weighted by Gasteiger charge is -2.35. The molecule has 1 N–H and O–H groups in total. The standard InChI is InChI=1S/C16H27NOSi/c1-19(2,16-11-6-7-13-18-16)14-8-12-17-15-9-4-3-5-10-15/h3-5,9-10,16-17H,6-8,11-14H2,1-2H3. The molecule has 1 atom stereocenters. The summed E-state index contributed by atoms with van der Waals surface area (Å²) in [6.07, 6.45) is 5.18. The molecule has 0 spiro atoms. The summed E-state index contributed by atoms with van der Waals surface area (Å²) in [6, 6.07) is 11.8. The van der Waals surface area contributed by atoms with Crippen molar-refractivity contribution in [2.45, 2.75) is 50.5 Å². The van der Waals surface area contributed by atoms with E-state index in [4.69, 9.17) is 4.74 Å². The second-order valence-electron chi connectivity index (χ2n) is 6.24. The summed E-state index contributed by atoms with van der Waals surface area (Å²) in [5.41, 5.74) is 1.83. The molecule has 1 fully saturated rings. The van der Waals surface area contributed by atoms with Crippen LogP contribution in [0.2, 0.25) is 19.1 Å². The second kappa shape index (κ2) is 7.11. The minimum absolute atomic E-state index is 0.595. The largest absolute Gasteiger partial charge is 0.385 e. The number of benzene rings is 1. The van der Waals surface area contributed by atoms with E-state index < -0.39 is 8.07 Å². The van der Waals surface area contributed by atoms with Crippen LogP contribution in [-0.4, -0.2) is 27.0 Å². The molecule has 2 nitrogen and oxygen atoms in total. The van der Waals surface area contributed by atoms with Gasteiger partial charge >= 0.3 is 0 Å². The van der Waals surface area contributed by atoms with Crippen LogP contribution in [0.25, 0.3) is 0 Å². The lowest BCUT2D eigenvalue weighted by atomic mass is 10.2. The van der Waals surface area contributed by atoms with E-state index in [2.05, 4.69) is 48.7 Å². The Kier molecular flexibility index (Phi) is 5.46. The molecule has 0 radical (unpaired) electrons. The first-order chi connectivity index (χ1) is 9.18. The van der Waals surface area contributed by atoms with Crippen molar-refractivity contribution < 1.29 is 4.74 Å². The molecule has 1 aliphatic heterocycles. The molecule has 19 heavy (non-hydrogen) atoms. The average Bonchev–Trinajstić information content (AvgIpc) is 2.46. The van der Waals surface area contributed by atoms with Gasteiger partial charge < -0.3 is 10.1 Å². The summed E-state index contributed by atoms with van der Waals surface area (Å²) < 4.78 is 6.00. The van der Waals surface area contributed by atoms with Gasteiger partial charge in [0.25, 0.3) is 0 Å². The number of ether oxygens (including phenoxy) is 1. The highest BCUT2D eigenvalue weighted by Gasteiger charge is 2.33. The Balaban J connectivity index is 1.69. The van der Waals surface area contributed by atoms with Crippen LogP contribution in [0, 0.1) is 0 Å². The molecule has 2 rings (SSSR count). The quantitative estimate of drug-likeness (QED) is 0.618. The van der Waals surface area contributed by atoms with Crippen LogP contribution in [-0.2, 0) is 4.74 Å². The van der Waals surface area contributed by atoms with Gasteiger partial charge in [-0.1, -0.05) is 37.3 Å². The van der Waals surface area contributed by atoms with Gasteiger partial charge in [0.2, 0.25) is 0 Å². The lowest BCUT2D eigenvalue weighted by molar-refractivity contribution is 0.0597. The van der Waals surface area contributed by atoms with E-state index in [0.29, 0.717) is 5.73 Å². The average molecular weight is 277 g/mol. The summed E-state index contributed by atoms with van der Waals surface area (Å²) in [5, 5.41) is 3.50. The van der Waals surface area contributed by atoms with Crippen LogP contribution in [0.15, 0.2) is 30.3 Å². The molecular weight excluding hydrogens is 250 g/mol. The molecule has 0 aromatic heterocycles. The lowest BCUT2D eigenvalue weighted by Crippen LogP contribution is -2.45. The molecular formula is C16H27NOSi. The molecule has 0 saturated carbocycles. The van der Waals surface area contributed by atoms with Gasteiger partial charge in [-0.2, -0.15) is 0 Å². The molecule has 0 amide bonds. The first kappa shape index (κ1) is 14.6. The minimum Gasteiger partial charge on any atom is -0.385 e. The smallest absolute Gasteiger partial charge is 0.0816 e. The fourth-order valence-corrected chi connectivity index (χ4v) is 5.82. The molecule has 3 heteroatoms. The highest BCUT2D eigenvalue weighted by Crippen LogP contribution is 2.26. The van der Waals surface area contributed by atoms with Gasteiger partial charge in [0, 0.05) is 24.6 Å². The van der Waals surface area contributed by atoms with Crippen molar-refractivity contribution >= 4 is 13.8 Å². The second-order valence-corrected chi connectivity index (χ2v) is 11.4. The van der Waals surface area contributed by atoms with Gasteiger partial charge in [-0.05, 0) is 37.8 Å². The number of para-hydroxylation sites is 1. The maximum atomic E-state index is 6.00. The predicted molar refractivity (Wildman–Crippen MR) is 85.4 cm³/mol. The predicted octanol–water partition coefficient (Wildman–Crippen LogP) is 4.31. The van der Waals surface area contributed by atoms with Gasteiger partial charge in [0.15, 0.2) is 0 Å². The van der Waals surface area contributed by atoms with Crippen molar-refractivity contribution in [1.82, 2.24) is 0 Å². The Hall–Kier alpha value is -0.803. The highest BCUT2D eigenvalue weighted by atomic mass is 28.3. The van der Waals surface area contributed by atoms with Gasteiger partial charge in [0.05, 0.1) is 8.07 Å². The summed E-state index contributed by atoms with van der Waals surface area (Å²) >= 11 is 0. The molecule has 1 unspecified atom stereocenters. The van der Waals surface area contributed by atoms with Crippen LogP contribution in [0.1, 0.15) is 25.7 Å². The van der Waals surface area contributed by atoms with E-state index in [9.17, 15) is 0 Å². The van der Waals surface area contributed by atoms with Crippen molar-refractivity contribution in [3.8, 4) is 0 Å². The summed E-state index contributed by atoms with van der Waals surface area (Å²) in [7, 11) is -1.20. The number of rotatable bonds is 6. The van der Waals surface area contributed by atoms with Gasteiger partial charge in [0.1, 0.15) is 0 Å². The zero-order valence-corrected chi connectivity index (χ0v) is 13.3. The third-order valence-electron chi connectivity index (χ3n) is 4.15. The van der Waals surface area contributed by atoms with E-state index in [-0.39, 0.29) is 0 Å². The minimum atomic E-state index is -1.20. The van der Waals surface area contributed by atoms with E-state index in [1.165, 1.54) is 37.4 Å². The topological polar surface area (TPSA) is 21.3 Å². The Morgan fingerprint density at radius 2 is 2.00 bits per heavy atom. The number of anilines is 1. The zero-order chi connectivity index (χ0) is 13.6. The fourth-order valence-electron chi connectivity index (χ4n) is 2.85. The van der Waals surface area contributed by atoms with Crippen LogP contribution in [0.3, 0.4) is 0 Å². The zero-order valence-electron chi connectivity index (χ0n) is 12.3. The fraction of sp³-hybridized carbons (Fsp3) is 0.625. The van der Waals surface area contributed by atoms with Crippen LogP contribution < -0.4 is 5.32 Å². The maximum absolute atomic E-state index is 6.00. The maximum Gasteiger partial charge on any atom is 0.0816 e. The molecule has 1 aliphatic rings. The van der Waals surface area contributed by atoms with E-state index in [1.807, 2.05) is 0 Å². The van der Waals surface area contributed by atoms with Crippen LogP contribution >= 0.6 is 0 Å². The SMILES string of the molecule is C[Si](C)(CCCNc1ccccc1)C1CCCCO1. The molecule has 0 bridgehead atoms. The Morgan fingerprint density at radius 3 is 2.68 bits per heavy atom. The number of nitrogens with one attached hydrogen (secondary N) is 1. The van der Waals surface area contributed by atoms with E-state index in [0.717, 1.165) is 13.2 Å². The van der Waals surface area contributed by atoms with Crippen LogP contribution in [0.4, 0.5) is 5.69 Å². The molecule has 1 aromatic rings. The first-order valence-electron chi connectivity index (χ1n) is 7.59. The highest BCUT2D eigenvalue weighted by molar-refractivity contribution is 6.78. The molecule has 106 valence electrons. The van der Waals surface area contributed by atoms with Crippen molar-refractivity contribution in [2.24, 2.45) is 0 Å². The summed E-state index contributed by atoms with van der Waals surface area (Å²) in [4.78, 5) is 0. The third kappa shape index (κ3) is 4.66. The van der Waals surface area contributed by atoms with Crippen molar-refractivity contribution in [2.75, 3.05) is 18.5 Å². The summed E-state index contributed by atoms with van der Waals surface area (Å²) in [6.45, 7) is 7.05. The van der Waals surface area contributed by atoms with Gasteiger partial charge in [-0.25, -0.2) is 0 Å². The molecule has 0 aliphatic carbocycles. The van der Waals surface area contributed by atoms with E-state index >= 15 is 0 Å².